The van der Waals surface area contributed by atoms with E-state index in [9.17, 15) is 4.79 Å². The molecule has 0 radical (unpaired) electrons. The first-order valence-corrected chi connectivity index (χ1v) is 7.64. The number of rotatable bonds is 3. The first kappa shape index (κ1) is 12.6. The van der Waals surface area contributed by atoms with Gasteiger partial charge in [0.05, 0.1) is 0 Å². The SMILES string of the molecule is CC1CCCCC1CNc1nn2c(=O)ccnc2s1. The highest BCUT2D eigenvalue weighted by atomic mass is 32.1. The Kier molecular flexibility index (Phi) is 3.50. The van der Waals surface area contributed by atoms with E-state index in [1.807, 2.05) is 0 Å². The van der Waals surface area contributed by atoms with Gasteiger partial charge in [-0.05, 0) is 18.3 Å². The van der Waals surface area contributed by atoms with Crippen LogP contribution in [0.15, 0.2) is 17.1 Å². The van der Waals surface area contributed by atoms with Gasteiger partial charge in [0.2, 0.25) is 10.1 Å². The normalized spacial score (nSPS) is 23.6. The number of fused-ring (bicyclic) bond motifs is 1. The molecule has 1 N–H and O–H groups in total. The van der Waals surface area contributed by atoms with Gasteiger partial charge >= 0.3 is 0 Å². The average Bonchev–Trinajstić information content (AvgIpc) is 2.82. The van der Waals surface area contributed by atoms with Crippen LogP contribution >= 0.6 is 11.3 Å². The van der Waals surface area contributed by atoms with E-state index in [0.29, 0.717) is 10.9 Å². The summed E-state index contributed by atoms with van der Waals surface area (Å²) in [6.07, 6.45) is 6.84. The Bertz CT molecular complexity index is 620. The zero-order valence-corrected chi connectivity index (χ0v) is 11.8. The van der Waals surface area contributed by atoms with Crippen LogP contribution in [0.1, 0.15) is 32.6 Å². The molecule has 3 rings (SSSR count). The molecule has 2 aromatic heterocycles. The van der Waals surface area contributed by atoms with Crippen LogP contribution in [0.4, 0.5) is 5.13 Å². The van der Waals surface area contributed by atoms with Crippen LogP contribution in [-0.2, 0) is 0 Å². The van der Waals surface area contributed by atoms with E-state index in [-0.39, 0.29) is 5.56 Å². The van der Waals surface area contributed by atoms with E-state index in [0.717, 1.165) is 17.6 Å². The largest absolute Gasteiger partial charge is 0.360 e. The Labute approximate surface area is 115 Å². The predicted octanol–water partition coefficient (Wildman–Crippen LogP) is 2.39. The molecule has 1 fully saturated rings. The van der Waals surface area contributed by atoms with Gasteiger partial charge in [0.1, 0.15) is 0 Å². The summed E-state index contributed by atoms with van der Waals surface area (Å²) in [6.45, 7) is 3.27. The van der Waals surface area contributed by atoms with Crippen molar-refractivity contribution in [2.75, 3.05) is 11.9 Å². The maximum atomic E-state index is 11.6. The van der Waals surface area contributed by atoms with E-state index in [1.165, 1.54) is 53.8 Å². The number of hydrogen-bond donors (Lipinski definition) is 1. The minimum atomic E-state index is -0.125. The Hall–Kier alpha value is -1.43. The van der Waals surface area contributed by atoms with Gasteiger partial charge in [-0.1, -0.05) is 37.5 Å². The maximum Gasteiger partial charge on any atom is 0.275 e. The molecule has 0 amide bonds. The molecule has 5 nitrogen and oxygen atoms in total. The Morgan fingerprint density at radius 2 is 2.32 bits per heavy atom. The maximum absolute atomic E-state index is 11.6. The highest BCUT2D eigenvalue weighted by Gasteiger charge is 2.21. The zero-order chi connectivity index (χ0) is 13.2. The first-order chi connectivity index (χ1) is 9.24. The average molecular weight is 278 g/mol. The van der Waals surface area contributed by atoms with Crippen molar-refractivity contribution < 1.29 is 0 Å². The van der Waals surface area contributed by atoms with Gasteiger partial charge in [-0.3, -0.25) is 4.79 Å². The molecule has 2 unspecified atom stereocenters. The van der Waals surface area contributed by atoms with Gasteiger partial charge in [0, 0.05) is 18.8 Å². The van der Waals surface area contributed by atoms with E-state index >= 15 is 0 Å². The monoisotopic (exact) mass is 278 g/mol. The van der Waals surface area contributed by atoms with Gasteiger partial charge in [-0.15, -0.1) is 5.10 Å². The van der Waals surface area contributed by atoms with Crippen LogP contribution in [0.5, 0.6) is 0 Å². The summed E-state index contributed by atoms with van der Waals surface area (Å²) >= 11 is 1.43. The van der Waals surface area contributed by atoms with Gasteiger partial charge in [-0.2, -0.15) is 4.52 Å². The fourth-order valence-corrected chi connectivity index (χ4v) is 3.51. The molecule has 1 saturated carbocycles. The number of anilines is 1. The lowest BCUT2D eigenvalue weighted by molar-refractivity contribution is 0.268. The summed E-state index contributed by atoms with van der Waals surface area (Å²) in [4.78, 5) is 16.4. The highest BCUT2D eigenvalue weighted by molar-refractivity contribution is 7.20. The van der Waals surface area contributed by atoms with Crippen LogP contribution in [0.25, 0.3) is 4.96 Å². The summed E-state index contributed by atoms with van der Waals surface area (Å²) in [5.74, 6) is 1.49. The van der Waals surface area contributed by atoms with Gasteiger partial charge < -0.3 is 5.32 Å². The minimum absolute atomic E-state index is 0.125. The first-order valence-electron chi connectivity index (χ1n) is 6.83. The molecule has 1 aliphatic carbocycles. The molecule has 1 aliphatic rings. The Morgan fingerprint density at radius 3 is 3.11 bits per heavy atom. The highest BCUT2D eigenvalue weighted by Crippen LogP contribution is 2.30. The van der Waals surface area contributed by atoms with Crippen molar-refractivity contribution in [1.82, 2.24) is 14.6 Å². The molecule has 0 saturated heterocycles. The molecule has 102 valence electrons. The topological polar surface area (TPSA) is 59.3 Å². The Balaban J connectivity index is 1.71. The fourth-order valence-electron chi connectivity index (χ4n) is 2.73. The van der Waals surface area contributed by atoms with Gasteiger partial charge in [0.15, 0.2) is 0 Å². The molecule has 2 heterocycles. The molecular weight excluding hydrogens is 260 g/mol. The molecule has 2 aromatic rings. The second-order valence-corrected chi connectivity index (χ2v) is 6.24. The molecule has 0 aromatic carbocycles. The van der Waals surface area contributed by atoms with E-state index in [1.54, 1.807) is 0 Å². The van der Waals surface area contributed by atoms with Crippen molar-refractivity contribution in [2.24, 2.45) is 11.8 Å². The molecule has 19 heavy (non-hydrogen) atoms. The van der Waals surface area contributed by atoms with Crippen molar-refractivity contribution >= 4 is 21.4 Å². The molecule has 0 spiro atoms. The number of hydrogen-bond acceptors (Lipinski definition) is 5. The van der Waals surface area contributed by atoms with Crippen molar-refractivity contribution in [3.8, 4) is 0 Å². The lowest BCUT2D eigenvalue weighted by atomic mass is 9.80. The number of aromatic nitrogens is 3. The van der Waals surface area contributed by atoms with Crippen LogP contribution < -0.4 is 10.9 Å². The van der Waals surface area contributed by atoms with Gasteiger partial charge in [0.25, 0.3) is 5.56 Å². The van der Waals surface area contributed by atoms with Gasteiger partial charge in [-0.25, -0.2) is 4.98 Å². The second kappa shape index (κ2) is 5.28. The van der Waals surface area contributed by atoms with Crippen molar-refractivity contribution in [2.45, 2.75) is 32.6 Å². The van der Waals surface area contributed by atoms with Crippen molar-refractivity contribution in [1.29, 1.82) is 0 Å². The third kappa shape index (κ3) is 2.63. The standard InChI is InChI=1S/C13H18N4OS/c1-9-4-2-3-5-10(9)8-15-12-16-17-11(18)6-7-14-13(17)19-12/h6-7,9-10H,2-5,8H2,1H3,(H,15,16). The summed E-state index contributed by atoms with van der Waals surface area (Å²) in [7, 11) is 0. The molecule has 6 heteroatoms. The third-order valence-corrected chi connectivity index (χ3v) is 4.86. The van der Waals surface area contributed by atoms with E-state index < -0.39 is 0 Å². The van der Waals surface area contributed by atoms with Crippen LogP contribution in [0.2, 0.25) is 0 Å². The lowest BCUT2D eigenvalue weighted by Crippen LogP contribution is -2.24. The smallest absolute Gasteiger partial charge is 0.275 e. The van der Waals surface area contributed by atoms with Crippen LogP contribution in [0, 0.1) is 11.8 Å². The Morgan fingerprint density at radius 1 is 1.47 bits per heavy atom. The summed E-state index contributed by atoms with van der Waals surface area (Å²) in [5.41, 5.74) is -0.125. The molecule has 2 atom stereocenters. The summed E-state index contributed by atoms with van der Waals surface area (Å²) in [5, 5.41) is 8.43. The predicted molar refractivity (Wildman–Crippen MR) is 76.7 cm³/mol. The number of nitrogens with one attached hydrogen (secondary N) is 1. The summed E-state index contributed by atoms with van der Waals surface area (Å²) < 4.78 is 1.36. The van der Waals surface area contributed by atoms with Crippen LogP contribution in [0.3, 0.4) is 0 Å². The minimum Gasteiger partial charge on any atom is -0.360 e. The van der Waals surface area contributed by atoms with Crippen LogP contribution in [-0.4, -0.2) is 21.1 Å². The van der Waals surface area contributed by atoms with E-state index in [2.05, 4.69) is 22.3 Å². The number of nitrogens with zero attached hydrogens (tertiary/aromatic N) is 3. The van der Waals surface area contributed by atoms with Crippen molar-refractivity contribution in [3.63, 3.8) is 0 Å². The van der Waals surface area contributed by atoms with E-state index in [4.69, 9.17) is 0 Å². The molecular formula is C13H18N4OS. The second-order valence-electron chi connectivity index (χ2n) is 5.29. The third-order valence-electron chi connectivity index (χ3n) is 3.98. The fraction of sp³-hybridized carbons (Fsp3) is 0.615. The summed E-state index contributed by atoms with van der Waals surface area (Å²) in [6, 6.07) is 1.43. The quantitative estimate of drug-likeness (QED) is 0.936. The molecule has 0 bridgehead atoms. The van der Waals surface area contributed by atoms with Crippen molar-refractivity contribution in [3.05, 3.63) is 22.6 Å². The zero-order valence-electron chi connectivity index (χ0n) is 11.0. The lowest BCUT2D eigenvalue weighted by Gasteiger charge is -2.28. The molecule has 0 aliphatic heterocycles.